The van der Waals surface area contributed by atoms with Crippen LogP contribution in [0, 0.1) is 11.8 Å². The van der Waals surface area contributed by atoms with Crippen molar-refractivity contribution in [2.24, 2.45) is 11.8 Å². The number of rotatable bonds is 30. The van der Waals surface area contributed by atoms with Gasteiger partial charge in [0.1, 0.15) is 0 Å². The van der Waals surface area contributed by atoms with Gasteiger partial charge in [-0.2, -0.15) is 8.42 Å². The van der Waals surface area contributed by atoms with E-state index in [4.69, 9.17) is 8.37 Å². The van der Waals surface area contributed by atoms with Crippen molar-refractivity contribution < 1.29 is 16.8 Å². The molecule has 0 aliphatic rings. The third-order valence-corrected chi connectivity index (χ3v) is 8.65. The molecule has 0 aliphatic carbocycles. The van der Waals surface area contributed by atoms with Gasteiger partial charge in [0.15, 0.2) is 0 Å². The van der Waals surface area contributed by atoms with E-state index in [9.17, 15) is 8.42 Å². The molecular formula is C32H66O4S. The minimum atomic E-state index is -3.82. The highest BCUT2D eigenvalue weighted by molar-refractivity contribution is 7.81. The number of unbranched alkanes of at least 4 members (excludes halogenated alkanes) is 16. The maximum absolute atomic E-state index is 11.9. The highest BCUT2D eigenvalue weighted by Crippen LogP contribution is 2.19. The first-order valence-electron chi connectivity index (χ1n) is 16.4. The van der Waals surface area contributed by atoms with Crippen LogP contribution in [-0.4, -0.2) is 21.6 Å². The van der Waals surface area contributed by atoms with Crippen molar-refractivity contribution in [3.05, 3.63) is 0 Å². The predicted octanol–water partition coefficient (Wildman–Crippen LogP) is 10.9. The standard InChI is InChI=1S/C32H66O4S/c1-5-7-19-25-31(3)27-21-15-11-9-13-17-23-29-35-37(33,34)36-30-24-18-14-10-12-16-22-28-32(4)26-20-8-6-2/h31-32H,5-30H2,1-4H3. The van der Waals surface area contributed by atoms with Crippen LogP contribution < -0.4 is 0 Å². The van der Waals surface area contributed by atoms with Gasteiger partial charge in [0.05, 0.1) is 13.2 Å². The van der Waals surface area contributed by atoms with Crippen LogP contribution in [-0.2, 0) is 18.8 Å². The fourth-order valence-corrected chi connectivity index (χ4v) is 5.80. The summed E-state index contributed by atoms with van der Waals surface area (Å²) in [4.78, 5) is 0. The first kappa shape index (κ1) is 36.9. The molecule has 0 saturated heterocycles. The van der Waals surface area contributed by atoms with Crippen molar-refractivity contribution in [3.8, 4) is 0 Å². The van der Waals surface area contributed by atoms with E-state index in [1.165, 1.54) is 116 Å². The first-order valence-corrected chi connectivity index (χ1v) is 17.8. The van der Waals surface area contributed by atoms with Gasteiger partial charge >= 0.3 is 10.4 Å². The Kier molecular flexibility index (Phi) is 27.3. The van der Waals surface area contributed by atoms with Crippen molar-refractivity contribution in [1.82, 2.24) is 0 Å². The third kappa shape index (κ3) is 28.7. The highest BCUT2D eigenvalue weighted by Gasteiger charge is 2.11. The zero-order chi connectivity index (χ0) is 27.5. The van der Waals surface area contributed by atoms with Crippen LogP contribution in [0.4, 0.5) is 0 Å². The minimum absolute atomic E-state index is 0.245. The summed E-state index contributed by atoms with van der Waals surface area (Å²) in [5, 5.41) is 0. The lowest BCUT2D eigenvalue weighted by atomic mass is 9.96. The summed E-state index contributed by atoms with van der Waals surface area (Å²) in [5.74, 6) is 1.75. The Hall–Kier alpha value is -0.130. The molecule has 0 radical (unpaired) electrons. The first-order chi connectivity index (χ1) is 17.9. The summed E-state index contributed by atoms with van der Waals surface area (Å²) in [7, 11) is -3.82. The Morgan fingerprint density at radius 2 is 0.703 bits per heavy atom. The lowest BCUT2D eigenvalue weighted by molar-refractivity contribution is 0.208. The maximum atomic E-state index is 11.9. The molecule has 0 saturated carbocycles. The van der Waals surface area contributed by atoms with Crippen molar-refractivity contribution in [2.75, 3.05) is 13.2 Å². The van der Waals surface area contributed by atoms with Crippen LogP contribution >= 0.6 is 0 Å². The largest absolute Gasteiger partial charge is 0.399 e. The maximum Gasteiger partial charge on any atom is 0.399 e. The smallest absolute Gasteiger partial charge is 0.248 e. The molecule has 0 heterocycles. The number of hydrogen-bond donors (Lipinski definition) is 0. The molecule has 0 spiro atoms. The molecule has 0 bridgehead atoms. The fourth-order valence-electron chi connectivity index (χ4n) is 5.09. The molecule has 224 valence electrons. The van der Waals surface area contributed by atoms with Gasteiger partial charge < -0.3 is 0 Å². The summed E-state index contributed by atoms with van der Waals surface area (Å²) in [6.07, 6.45) is 30.1. The Morgan fingerprint density at radius 3 is 1.03 bits per heavy atom. The van der Waals surface area contributed by atoms with E-state index in [-0.39, 0.29) is 13.2 Å². The summed E-state index contributed by atoms with van der Waals surface area (Å²) < 4.78 is 33.8. The van der Waals surface area contributed by atoms with E-state index in [1.54, 1.807) is 0 Å². The second-order valence-corrected chi connectivity index (χ2v) is 13.1. The predicted molar refractivity (Wildman–Crippen MR) is 161 cm³/mol. The molecule has 4 nitrogen and oxygen atoms in total. The summed E-state index contributed by atoms with van der Waals surface area (Å²) in [6.45, 7) is 9.82. The molecule has 0 amide bonds. The van der Waals surface area contributed by atoms with Crippen molar-refractivity contribution >= 4 is 10.4 Å². The van der Waals surface area contributed by atoms with Crippen LogP contribution in [0.5, 0.6) is 0 Å². The number of hydrogen-bond acceptors (Lipinski definition) is 4. The molecule has 0 aromatic heterocycles. The average molecular weight is 547 g/mol. The van der Waals surface area contributed by atoms with Gasteiger partial charge in [-0.15, -0.1) is 0 Å². The van der Waals surface area contributed by atoms with Crippen molar-refractivity contribution in [3.63, 3.8) is 0 Å². The van der Waals surface area contributed by atoms with E-state index in [0.29, 0.717) is 0 Å². The minimum Gasteiger partial charge on any atom is -0.248 e. The molecule has 5 heteroatoms. The van der Waals surface area contributed by atoms with E-state index < -0.39 is 10.4 Å². The Morgan fingerprint density at radius 1 is 0.432 bits per heavy atom. The molecule has 0 aromatic carbocycles. The zero-order valence-corrected chi connectivity index (χ0v) is 26.4. The second kappa shape index (κ2) is 27.4. The monoisotopic (exact) mass is 546 g/mol. The molecular weight excluding hydrogens is 480 g/mol. The molecule has 2 unspecified atom stereocenters. The van der Waals surface area contributed by atoms with Crippen LogP contribution in [0.2, 0.25) is 0 Å². The fraction of sp³-hybridized carbons (Fsp3) is 1.00. The van der Waals surface area contributed by atoms with E-state index in [1.807, 2.05) is 0 Å². The van der Waals surface area contributed by atoms with E-state index >= 15 is 0 Å². The van der Waals surface area contributed by atoms with E-state index in [0.717, 1.165) is 50.4 Å². The average Bonchev–Trinajstić information content (AvgIpc) is 2.86. The van der Waals surface area contributed by atoms with Gasteiger partial charge in [0.2, 0.25) is 0 Å². The summed E-state index contributed by atoms with van der Waals surface area (Å²) in [5.41, 5.74) is 0. The van der Waals surface area contributed by atoms with Crippen LogP contribution in [0.25, 0.3) is 0 Å². The van der Waals surface area contributed by atoms with Gasteiger partial charge in [-0.1, -0.05) is 169 Å². The summed E-state index contributed by atoms with van der Waals surface area (Å²) >= 11 is 0. The molecule has 0 aliphatic heterocycles. The third-order valence-electron chi connectivity index (χ3n) is 7.74. The lowest BCUT2D eigenvalue weighted by Crippen LogP contribution is -2.12. The SMILES string of the molecule is CCCCCC(C)CCCCCCCCCOS(=O)(=O)OCCCCCCCCCC(C)CCCCC. The Labute approximate surface area is 233 Å². The van der Waals surface area contributed by atoms with Crippen LogP contribution in [0.15, 0.2) is 0 Å². The molecule has 37 heavy (non-hydrogen) atoms. The Bertz CT molecular complexity index is 507. The van der Waals surface area contributed by atoms with Gasteiger partial charge in [0.25, 0.3) is 0 Å². The van der Waals surface area contributed by atoms with Crippen molar-refractivity contribution in [1.29, 1.82) is 0 Å². The van der Waals surface area contributed by atoms with Crippen molar-refractivity contribution in [2.45, 2.75) is 182 Å². The van der Waals surface area contributed by atoms with Gasteiger partial charge in [-0.3, -0.25) is 0 Å². The van der Waals surface area contributed by atoms with Gasteiger partial charge in [-0.25, -0.2) is 8.37 Å². The summed E-state index contributed by atoms with van der Waals surface area (Å²) in [6, 6.07) is 0. The lowest BCUT2D eigenvalue weighted by Gasteiger charge is -2.10. The molecule has 0 rings (SSSR count). The molecule has 0 fully saturated rings. The molecule has 2 atom stereocenters. The highest BCUT2D eigenvalue weighted by atomic mass is 32.3. The Balaban J connectivity index is 3.40. The normalized spacial score (nSPS) is 13.7. The van der Waals surface area contributed by atoms with Crippen LogP contribution in [0.1, 0.15) is 182 Å². The quantitative estimate of drug-likeness (QED) is 0.0841. The second-order valence-electron chi connectivity index (χ2n) is 11.8. The molecule has 0 aromatic rings. The van der Waals surface area contributed by atoms with Gasteiger partial charge in [-0.05, 0) is 24.7 Å². The van der Waals surface area contributed by atoms with Gasteiger partial charge in [0, 0.05) is 0 Å². The molecule has 0 N–H and O–H groups in total. The topological polar surface area (TPSA) is 52.6 Å². The van der Waals surface area contributed by atoms with E-state index in [2.05, 4.69) is 27.7 Å². The zero-order valence-electron chi connectivity index (χ0n) is 25.6. The van der Waals surface area contributed by atoms with Crippen LogP contribution in [0.3, 0.4) is 0 Å².